The van der Waals surface area contributed by atoms with Gasteiger partial charge in [-0.1, -0.05) is 23.2 Å². The zero-order valence-corrected chi connectivity index (χ0v) is 11.0. The van der Waals surface area contributed by atoms with Crippen LogP contribution in [0.2, 0.25) is 10.2 Å². The van der Waals surface area contributed by atoms with E-state index >= 15 is 0 Å². The molecule has 0 atom stereocenters. The number of hydrogen-bond acceptors (Lipinski definition) is 3. The fraction of sp³-hybridized carbons (Fsp3) is 0.182. The first kappa shape index (κ1) is 12.9. The molecule has 0 spiro atoms. The number of halogens is 2. The normalized spacial score (nSPS) is 10.4. The van der Waals surface area contributed by atoms with E-state index < -0.39 is 0 Å². The minimum Gasteiger partial charge on any atom is -0.348 e. The molecule has 2 aromatic rings. The number of pyridine rings is 1. The summed E-state index contributed by atoms with van der Waals surface area (Å²) in [5.74, 6) is -0.298. The van der Waals surface area contributed by atoms with Crippen molar-refractivity contribution >= 4 is 29.1 Å². The van der Waals surface area contributed by atoms with Gasteiger partial charge in [0.25, 0.3) is 5.91 Å². The maximum absolute atomic E-state index is 11.9. The number of aryl methyl sites for hydroxylation is 1. The summed E-state index contributed by atoms with van der Waals surface area (Å²) in [5, 5.41) is 7.24. The fourth-order valence-electron chi connectivity index (χ4n) is 1.43. The number of hydrogen-bond donors (Lipinski definition) is 1. The lowest BCUT2D eigenvalue weighted by Crippen LogP contribution is -2.23. The standard InChI is InChI=1S/C11H10Cl2N4O/c1-17-6-7(4-16-17)3-15-11(18)8-2-10(13)14-5-9(8)12/h2,4-6H,3H2,1H3,(H,15,18). The quantitative estimate of drug-likeness (QED) is 0.878. The molecule has 0 fully saturated rings. The van der Waals surface area contributed by atoms with E-state index in [0.717, 1.165) is 5.56 Å². The van der Waals surface area contributed by atoms with Gasteiger partial charge in [0.15, 0.2) is 0 Å². The first-order valence-electron chi connectivity index (χ1n) is 5.13. The molecule has 0 aliphatic heterocycles. The Kier molecular flexibility index (Phi) is 3.84. The van der Waals surface area contributed by atoms with E-state index in [4.69, 9.17) is 23.2 Å². The lowest BCUT2D eigenvalue weighted by molar-refractivity contribution is 0.0951. The van der Waals surface area contributed by atoms with Crippen molar-refractivity contribution in [1.82, 2.24) is 20.1 Å². The van der Waals surface area contributed by atoms with Gasteiger partial charge in [-0.2, -0.15) is 5.10 Å². The van der Waals surface area contributed by atoms with Gasteiger partial charge in [-0.25, -0.2) is 4.98 Å². The van der Waals surface area contributed by atoms with Crippen LogP contribution in [-0.4, -0.2) is 20.7 Å². The summed E-state index contributed by atoms with van der Waals surface area (Å²) in [7, 11) is 1.81. The second-order valence-electron chi connectivity index (χ2n) is 3.69. The van der Waals surface area contributed by atoms with Crippen LogP contribution in [-0.2, 0) is 13.6 Å². The maximum atomic E-state index is 11.9. The minimum absolute atomic E-state index is 0.228. The van der Waals surface area contributed by atoms with Crippen molar-refractivity contribution in [2.24, 2.45) is 7.05 Å². The van der Waals surface area contributed by atoms with Gasteiger partial charge in [-0.05, 0) is 6.07 Å². The molecule has 0 bridgehead atoms. The maximum Gasteiger partial charge on any atom is 0.253 e. The SMILES string of the molecule is Cn1cc(CNC(=O)c2cc(Cl)ncc2Cl)cn1. The van der Waals surface area contributed by atoms with Crippen molar-refractivity contribution < 1.29 is 4.79 Å². The van der Waals surface area contributed by atoms with Crippen LogP contribution in [0.4, 0.5) is 0 Å². The Balaban J connectivity index is 2.05. The van der Waals surface area contributed by atoms with Gasteiger partial charge in [-0.15, -0.1) is 0 Å². The van der Waals surface area contributed by atoms with E-state index in [1.807, 2.05) is 13.2 Å². The summed E-state index contributed by atoms with van der Waals surface area (Å²) in [5.41, 5.74) is 1.21. The van der Waals surface area contributed by atoms with Gasteiger partial charge in [0.1, 0.15) is 5.15 Å². The van der Waals surface area contributed by atoms with Gasteiger partial charge < -0.3 is 5.32 Å². The highest BCUT2D eigenvalue weighted by Crippen LogP contribution is 2.17. The lowest BCUT2D eigenvalue weighted by atomic mass is 10.2. The Bertz CT molecular complexity index is 582. The summed E-state index contributed by atoms with van der Waals surface area (Å²) in [6.45, 7) is 0.378. The van der Waals surface area contributed by atoms with Gasteiger partial charge in [0.2, 0.25) is 0 Å². The van der Waals surface area contributed by atoms with Crippen LogP contribution >= 0.6 is 23.2 Å². The molecule has 2 rings (SSSR count). The number of carbonyl (C=O) groups excluding carboxylic acids is 1. The van der Waals surface area contributed by atoms with Crippen LogP contribution in [0.3, 0.4) is 0 Å². The molecule has 0 aliphatic carbocycles. The molecule has 7 heteroatoms. The van der Waals surface area contributed by atoms with E-state index in [2.05, 4.69) is 15.4 Å². The molecular formula is C11H10Cl2N4O. The predicted octanol–water partition coefficient (Wildman–Crippen LogP) is 2.05. The number of nitrogens with one attached hydrogen (secondary N) is 1. The average Bonchev–Trinajstić information content (AvgIpc) is 2.75. The highest BCUT2D eigenvalue weighted by atomic mass is 35.5. The molecule has 1 N–H and O–H groups in total. The summed E-state index contributed by atoms with van der Waals surface area (Å²) >= 11 is 11.6. The number of rotatable bonds is 3. The zero-order valence-electron chi connectivity index (χ0n) is 9.52. The molecule has 0 aliphatic rings. The molecule has 2 aromatic heterocycles. The second-order valence-corrected chi connectivity index (χ2v) is 4.49. The van der Waals surface area contributed by atoms with E-state index in [-0.39, 0.29) is 16.1 Å². The highest BCUT2D eigenvalue weighted by Gasteiger charge is 2.11. The third-order valence-electron chi connectivity index (χ3n) is 2.28. The molecule has 0 radical (unpaired) electrons. The molecule has 0 saturated heterocycles. The summed E-state index contributed by atoms with van der Waals surface area (Å²) in [6, 6.07) is 1.43. The van der Waals surface area contributed by atoms with Gasteiger partial charge in [-0.3, -0.25) is 9.48 Å². The molecule has 0 aromatic carbocycles. The van der Waals surface area contributed by atoms with E-state index in [1.165, 1.54) is 12.3 Å². The minimum atomic E-state index is -0.298. The Hall–Kier alpha value is -1.59. The largest absolute Gasteiger partial charge is 0.348 e. The van der Waals surface area contributed by atoms with Crippen molar-refractivity contribution in [3.8, 4) is 0 Å². The van der Waals surface area contributed by atoms with Crippen LogP contribution in [0.25, 0.3) is 0 Å². The topological polar surface area (TPSA) is 59.8 Å². The molecule has 18 heavy (non-hydrogen) atoms. The van der Waals surface area contributed by atoms with Crippen LogP contribution in [0.1, 0.15) is 15.9 Å². The van der Waals surface area contributed by atoms with Crippen molar-refractivity contribution in [3.05, 3.63) is 46.0 Å². The smallest absolute Gasteiger partial charge is 0.253 e. The summed E-state index contributed by atoms with van der Waals surface area (Å²) < 4.78 is 1.66. The van der Waals surface area contributed by atoms with Crippen molar-refractivity contribution in [2.45, 2.75) is 6.54 Å². The first-order valence-corrected chi connectivity index (χ1v) is 5.88. The van der Waals surface area contributed by atoms with Gasteiger partial charge in [0, 0.05) is 31.5 Å². The second kappa shape index (κ2) is 5.37. The number of nitrogens with zero attached hydrogens (tertiary/aromatic N) is 3. The van der Waals surface area contributed by atoms with Gasteiger partial charge >= 0.3 is 0 Å². The van der Waals surface area contributed by atoms with Crippen molar-refractivity contribution in [1.29, 1.82) is 0 Å². The molecular weight excluding hydrogens is 275 g/mol. The molecule has 2 heterocycles. The Morgan fingerprint density at radius 2 is 2.22 bits per heavy atom. The van der Waals surface area contributed by atoms with Crippen LogP contribution in [0.5, 0.6) is 0 Å². The summed E-state index contributed by atoms with van der Waals surface area (Å²) in [4.78, 5) is 15.7. The third kappa shape index (κ3) is 3.00. The van der Waals surface area contributed by atoms with Gasteiger partial charge in [0.05, 0.1) is 16.8 Å². The first-order chi connectivity index (χ1) is 8.56. The average molecular weight is 285 g/mol. The molecule has 0 unspecified atom stereocenters. The van der Waals surface area contributed by atoms with Crippen LogP contribution in [0.15, 0.2) is 24.7 Å². The third-order valence-corrected chi connectivity index (χ3v) is 2.79. The van der Waals surface area contributed by atoms with Crippen molar-refractivity contribution in [3.63, 3.8) is 0 Å². The van der Waals surface area contributed by atoms with Crippen molar-refractivity contribution in [2.75, 3.05) is 0 Å². The molecule has 94 valence electrons. The number of aromatic nitrogens is 3. The predicted molar refractivity (Wildman–Crippen MR) is 68.6 cm³/mol. The Morgan fingerprint density at radius 3 is 2.89 bits per heavy atom. The zero-order chi connectivity index (χ0) is 13.1. The highest BCUT2D eigenvalue weighted by molar-refractivity contribution is 6.35. The molecule has 5 nitrogen and oxygen atoms in total. The van der Waals surface area contributed by atoms with Crippen LogP contribution < -0.4 is 5.32 Å². The Morgan fingerprint density at radius 1 is 1.44 bits per heavy atom. The van der Waals surface area contributed by atoms with E-state index in [1.54, 1.807) is 10.9 Å². The van der Waals surface area contributed by atoms with E-state index in [9.17, 15) is 4.79 Å². The number of carbonyl (C=O) groups is 1. The lowest BCUT2D eigenvalue weighted by Gasteiger charge is -2.05. The monoisotopic (exact) mass is 284 g/mol. The fourth-order valence-corrected chi connectivity index (χ4v) is 1.78. The molecule has 0 saturated carbocycles. The molecule has 1 amide bonds. The Labute approximate surface area is 114 Å². The van der Waals surface area contributed by atoms with E-state index in [0.29, 0.717) is 12.1 Å². The number of amides is 1. The summed E-state index contributed by atoms with van der Waals surface area (Å²) in [6.07, 6.45) is 4.85. The van der Waals surface area contributed by atoms with Crippen LogP contribution in [0, 0.1) is 0 Å².